The van der Waals surface area contributed by atoms with Crippen molar-refractivity contribution in [1.82, 2.24) is 15.1 Å². The van der Waals surface area contributed by atoms with Gasteiger partial charge in [-0.15, -0.1) is 0 Å². The second-order valence-electron chi connectivity index (χ2n) is 9.70. The summed E-state index contributed by atoms with van der Waals surface area (Å²) in [6.07, 6.45) is 4.37. The van der Waals surface area contributed by atoms with Crippen molar-refractivity contribution in [3.05, 3.63) is 0 Å². The van der Waals surface area contributed by atoms with Gasteiger partial charge in [-0.05, 0) is 84.5 Å². The van der Waals surface area contributed by atoms with E-state index in [1.165, 1.54) is 17.7 Å². The van der Waals surface area contributed by atoms with Gasteiger partial charge in [-0.25, -0.2) is 13.6 Å². The van der Waals surface area contributed by atoms with Crippen molar-refractivity contribution in [2.75, 3.05) is 45.8 Å². The Morgan fingerprint density at radius 1 is 1.11 bits per heavy atom. The lowest BCUT2D eigenvalue weighted by Gasteiger charge is -2.46. The first-order valence-corrected chi connectivity index (χ1v) is 10.4. The quantitative estimate of drug-likeness (QED) is 0.789. The van der Waals surface area contributed by atoms with E-state index in [0.29, 0.717) is 24.9 Å². The van der Waals surface area contributed by atoms with Crippen LogP contribution in [-0.2, 0) is 4.74 Å². The molecule has 3 heterocycles. The van der Waals surface area contributed by atoms with Gasteiger partial charge in [0.1, 0.15) is 5.60 Å². The summed E-state index contributed by atoms with van der Waals surface area (Å²) in [6, 6.07) is 0. The summed E-state index contributed by atoms with van der Waals surface area (Å²) >= 11 is 0. The molecule has 27 heavy (non-hydrogen) atoms. The van der Waals surface area contributed by atoms with Crippen LogP contribution in [0.1, 0.15) is 52.9 Å². The van der Waals surface area contributed by atoms with Crippen molar-refractivity contribution in [3.63, 3.8) is 0 Å². The molecule has 156 valence electrons. The predicted octanol–water partition coefficient (Wildman–Crippen LogP) is 3.34. The molecule has 0 aromatic rings. The van der Waals surface area contributed by atoms with Crippen molar-refractivity contribution in [2.24, 2.45) is 11.3 Å². The number of rotatable bonds is 2. The van der Waals surface area contributed by atoms with Gasteiger partial charge in [-0.2, -0.15) is 0 Å². The fourth-order valence-electron chi connectivity index (χ4n) is 4.67. The van der Waals surface area contributed by atoms with Crippen LogP contribution in [0.4, 0.5) is 13.6 Å². The van der Waals surface area contributed by atoms with E-state index in [2.05, 4.69) is 10.2 Å². The summed E-state index contributed by atoms with van der Waals surface area (Å²) in [6.45, 7) is 9.51. The van der Waals surface area contributed by atoms with Crippen LogP contribution in [0.15, 0.2) is 0 Å². The van der Waals surface area contributed by atoms with Crippen molar-refractivity contribution < 1.29 is 18.3 Å². The number of amides is 1. The first kappa shape index (κ1) is 20.8. The van der Waals surface area contributed by atoms with Crippen LogP contribution in [0.5, 0.6) is 0 Å². The van der Waals surface area contributed by atoms with Crippen molar-refractivity contribution in [3.8, 4) is 0 Å². The second kappa shape index (κ2) is 7.82. The summed E-state index contributed by atoms with van der Waals surface area (Å²) < 4.78 is 34.7. The molecule has 5 nitrogen and oxygen atoms in total. The number of nitrogens with zero attached hydrogens (tertiary/aromatic N) is 2. The minimum absolute atomic E-state index is 0.331. The lowest BCUT2D eigenvalue weighted by molar-refractivity contribution is -0.119. The number of hydrogen-bond donors (Lipinski definition) is 1. The summed E-state index contributed by atoms with van der Waals surface area (Å²) in [4.78, 5) is 15.5. The number of piperidine rings is 3. The maximum atomic E-state index is 14.7. The summed E-state index contributed by atoms with van der Waals surface area (Å²) in [7, 11) is 0. The third-order valence-electron chi connectivity index (χ3n) is 6.46. The number of likely N-dealkylation sites (tertiary alicyclic amines) is 2. The maximum Gasteiger partial charge on any atom is 0.410 e. The first-order valence-electron chi connectivity index (χ1n) is 10.4. The summed E-state index contributed by atoms with van der Waals surface area (Å²) in [5, 5.41) is 3.42. The zero-order chi connectivity index (χ0) is 19.7. The lowest BCUT2D eigenvalue weighted by Crippen LogP contribution is -2.55. The standard InChI is InChI=1S/C20H35F2N3O2/c1-18(2,3)27-17(26)25-11-4-16(20(21,22)15-25)14-24-12-7-19(8-13-24)5-9-23-10-6-19/h16,23H,4-15H2,1-3H3/t16-/m1/s1. The molecule has 0 radical (unpaired) electrons. The molecular weight excluding hydrogens is 352 g/mol. The van der Waals surface area contributed by atoms with E-state index in [9.17, 15) is 13.6 Å². The highest BCUT2D eigenvalue weighted by Crippen LogP contribution is 2.41. The summed E-state index contributed by atoms with van der Waals surface area (Å²) in [5.41, 5.74) is -0.230. The molecule has 3 saturated heterocycles. The minimum atomic E-state index is -2.86. The molecule has 1 amide bonds. The molecule has 1 N–H and O–H groups in total. The fourth-order valence-corrected chi connectivity index (χ4v) is 4.67. The van der Waals surface area contributed by atoms with Crippen LogP contribution < -0.4 is 5.32 Å². The van der Waals surface area contributed by atoms with Crippen molar-refractivity contribution in [1.29, 1.82) is 0 Å². The highest BCUT2D eigenvalue weighted by Gasteiger charge is 2.47. The van der Waals surface area contributed by atoms with Crippen LogP contribution >= 0.6 is 0 Å². The number of hydrogen-bond acceptors (Lipinski definition) is 4. The molecule has 1 atom stereocenters. The molecule has 0 unspecified atom stereocenters. The zero-order valence-electron chi connectivity index (χ0n) is 17.0. The van der Waals surface area contributed by atoms with Gasteiger partial charge in [-0.3, -0.25) is 0 Å². The van der Waals surface area contributed by atoms with E-state index >= 15 is 0 Å². The molecule has 0 aromatic carbocycles. The fraction of sp³-hybridized carbons (Fsp3) is 0.950. The molecule has 7 heteroatoms. The molecule has 3 aliphatic heterocycles. The third kappa shape index (κ3) is 5.31. The summed E-state index contributed by atoms with van der Waals surface area (Å²) in [5.74, 6) is -3.54. The van der Waals surface area contributed by atoms with E-state index < -0.39 is 30.1 Å². The normalized spacial score (nSPS) is 28.9. The van der Waals surface area contributed by atoms with Gasteiger partial charge in [0.25, 0.3) is 5.92 Å². The number of carbonyl (C=O) groups is 1. The smallest absolute Gasteiger partial charge is 0.410 e. The molecular formula is C20H35F2N3O2. The Morgan fingerprint density at radius 3 is 2.30 bits per heavy atom. The Morgan fingerprint density at radius 2 is 1.74 bits per heavy atom. The second-order valence-corrected chi connectivity index (χ2v) is 9.70. The number of alkyl halides is 2. The van der Waals surface area contributed by atoms with Gasteiger partial charge in [0.15, 0.2) is 0 Å². The monoisotopic (exact) mass is 387 g/mol. The van der Waals surface area contributed by atoms with Crippen LogP contribution in [0.25, 0.3) is 0 Å². The van der Waals surface area contributed by atoms with E-state index in [1.807, 2.05) is 0 Å². The molecule has 1 spiro atoms. The Hall–Kier alpha value is -0.950. The van der Waals surface area contributed by atoms with Gasteiger partial charge >= 0.3 is 6.09 Å². The average molecular weight is 388 g/mol. The molecule has 0 bridgehead atoms. The molecule has 0 aliphatic carbocycles. The van der Waals surface area contributed by atoms with Gasteiger partial charge in [0.05, 0.1) is 6.54 Å². The Bertz CT molecular complexity index is 520. The number of nitrogens with one attached hydrogen (secondary N) is 1. The maximum absolute atomic E-state index is 14.7. The van der Waals surface area contributed by atoms with Crippen LogP contribution in [-0.4, -0.2) is 73.2 Å². The molecule has 0 saturated carbocycles. The number of halogens is 2. The SMILES string of the molecule is CC(C)(C)OC(=O)N1CC[C@H](CN2CCC3(CCNCC3)CC2)C(F)(F)C1. The van der Waals surface area contributed by atoms with E-state index in [-0.39, 0.29) is 0 Å². The molecule has 3 fully saturated rings. The van der Waals surface area contributed by atoms with Crippen molar-refractivity contribution >= 4 is 6.09 Å². The third-order valence-corrected chi connectivity index (χ3v) is 6.46. The largest absolute Gasteiger partial charge is 0.444 e. The van der Waals surface area contributed by atoms with Crippen LogP contribution in [0, 0.1) is 11.3 Å². The van der Waals surface area contributed by atoms with Crippen molar-refractivity contribution in [2.45, 2.75) is 64.4 Å². The molecule has 3 rings (SSSR count). The van der Waals surface area contributed by atoms with E-state index in [1.54, 1.807) is 20.8 Å². The number of carbonyl (C=O) groups excluding carboxylic acids is 1. The Balaban J connectivity index is 1.50. The molecule has 0 aromatic heterocycles. The van der Waals surface area contributed by atoms with Gasteiger partial charge < -0.3 is 19.9 Å². The van der Waals surface area contributed by atoms with Gasteiger partial charge in [-0.1, -0.05) is 0 Å². The van der Waals surface area contributed by atoms with Crippen LogP contribution in [0.3, 0.4) is 0 Å². The predicted molar refractivity (Wildman–Crippen MR) is 101 cm³/mol. The first-order chi connectivity index (χ1) is 12.6. The topological polar surface area (TPSA) is 44.8 Å². The lowest BCUT2D eigenvalue weighted by atomic mass is 9.71. The Labute approximate surface area is 161 Å². The highest BCUT2D eigenvalue weighted by molar-refractivity contribution is 5.68. The Kier molecular flexibility index (Phi) is 6.02. The zero-order valence-corrected chi connectivity index (χ0v) is 17.0. The van der Waals surface area contributed by atoms with E-state index in [4.69, 9.17) is 4.74 Å². The van der Waals surface area contributed by atoms with Gasteiger partial charge in [0, 0.05) is 19.0 Å². The highest BCUT2D eigenvalue weighted by atomic mass is 19.3. The van der Waals surface area contributed by atoms with E-state index in [0.717, 1.165) is 39.0 Å². The van der Waals surface area contributed by atoms with Gasteiger partial charge in [0.2, 0.25) is 0 Å². The number of ether oxygens (including phenoxy) is 1. The minimum Gasteiger partial charge on any atom is -0.444 e. The van der Waals surface area contributed by atoms with Crippen LogP contribution in [0.2, 0.25) is 0 Å². The average Bonchev–Trinajstić information content (AvgIpc) is 2.57. The molecule has 3 aliphatic rings.